The Bertz CT molecular complexity index is 666. The first kappa shape index (κ1) is 14.5. The highest BCUT2D eigenvalue weighted by Gasteiger charge is 2.18. The van der Waals surface area contributed by atoms with Crippen LogP contribution in [0.5, 0.6) is 5.75 Å². The summed E-state index contributed by atoms with van der Waals surface area (Å²) in [6.07, 6.45) is 0. The van der Waals surface area contributed by atoms with Crippen LogP contribution >= 0.6 is 15.9 Å². The molecule has 2 N–H and O–H groups in total. The van der Waals surface area contributed by atoms with Crippen LogP contribution in [-0.4, -0.2) is 11.0 Å². The molecule has 0 bridgehead atoms. The number of phenolic OH excluding ortho intramolecular Hbond substituents is 1. The normalized spacial score (nSPS) is 10.4. The minimum Gasteiger partial charge on any atom is -0.508 e. The lowest BCUT2D eigenvalue weighted by atomic mass is 10.1. The third kappa shape index (κ3) is 2.96. The highest BCUT2D eigenvalue weighted by molar-refractivity contribution is 9.10. The molecule has 0 fully saturated rings. The van der Waals surface area contributed by atoms with Crippen molar-refractivity contribution in [2.75, 3.05) is 5.32 Å². The number of carbonyl (C=O) groups is 1. The van der Waals surface area contributed by atoms with E-state index >= 15 is 0 Å². The van der Waals surface area contributed by atoms with E-state index in [0.717, 1.165) is 12.1 Å². The lowest BCUT2D eigenvalue weighted by molar-refractivity contribution is 0.101. The summed E-state index contributed by atoms with van der Waals surface area (Å²) >= 11 is 2.94. The molecule has 1 amide bonds. The maximum absolute atomic E-state index is 13.6. The van der Waals surface area contributed by atoms with Crippen LogP contribution in [0, 0.1) is 18.6 Å². The predicted octanol–water partition coefficient (Wildman–Crippen LogP) is 3.99. The molecule has 0 atom stereocenters. The fourth-order valence-corrected chi connectivity index (χ4v) is 2.09. The lowest BCUT2D eigenvalue weighted by Gasteiger charge is -2.09. The van der Waals surface area contributed by atoms with Crippen LogP contribution in [0.2, 0.25) is 0 Å². The number of phenols is 1. The standard InChI is InChI=1S/C14H10BrF2NO2/c1-7-4-9(2-3-12(7)19)18-14(20)13-10(16)5-8(15)6-11(13)17/h2-6,19H,1H3,(H,18,20). The first-order chi connectivity index (χ1) is 9.38. The molecule has 2 aromatic carbocycles. The maximum Gasteiger partial charge on any atom is 0.261 e. The minimum absolute atomic E-state index is 0.0731. The highest BCUT2D eigenvalue weighted by atomic mass is 79.9. The zero-order chi connectivity index (χ0) is 14.9. The topological polar surface area (TPSA) is 49.3 Å². The van der Waals surface area contributed by atoms with E-state index in [9.17, 15) is 18.7 Å². The second-order valence-corrected chi connectivity index (χ2v) is 5.12. The summed E-state index contributed by atoms with van der Waals surface area (Å²) in [4.78, 5) is 11.9. The van der Waals surface area contributed by atoms with Gasteiger partial charge in [-0.25, -0.2) is 8.78 Å². The Morgan fingerprint density at radius 2 is 1.80 bits per heavy atom. The monoisotopic (exact) mass is 341 g/mol. The molecule has 0 aliphatic carbocycles. The number of rotatable bonds is 2. The van der Waals surface area contributed by atoms with Gasteiger partial charge in [0.05, 0.1) is 0 Å². The summed E-state index contributed by atoms with van der Waals surface area (Å²) in [6, 6.07) is 6.36. The molecule has 2 rings (SSSR count). The number of carbonyl (C=O) groups excluding carboxylic acids is 1. The zero-order valence-electron chi connectivity index (χ0n) is 10.4. The van der Waals surface area contributed by atoms with E-state index in [2.05, 4.69) is 21.2 Å². The summed E-state index contributed by atoms with van der Waals surface area (Å²) in [5, 5.41) is 11.8. The molecule has 0 aliphatic heterocycles. The van der Waals surface area contributed by atoms with Gasteiger partial charge in [0.2, 0.25) is 0 Å². The molecule has 0 aliphatic rings. The van der Waals surface area contributed by atoms with Gasteiger partial charge in [0.25, 0.3) is 5.91 Å². The van der Waals surface area contributed by atoms with Gasteiger partial charge in [-0.1, -0.05) is 15.9 Å². The van der Waals surface area contributed by atoms with Crippen LogP contribution in [-0.2, 0) is 0 Å². The SMILES string of the molecule is Cc1cc(NC(=O)c2c(F)cc(Br)cc2F)ccc1O. The van der Waals surface area contributed by atoms with Gasteiger partial charge < -0.3 is 10.4 Å². The molecule has 0 saturated heterocycles. The van der Waals surface area contributed by atoms with Crippen molar-refractivity contribution in [2.45, 2.75) is 6.92 Å². The Morgan fingerprint density at radius 1 is 1.20 bits per heavy atom. The molecule has 0 spiro atoms. The summed E-state index contributed by atoms with van der Waals surface area (Å²) < 4.78 is 27.5. The van der Waals surface area contributed by atoms with Crippen molar-refractivity contribution in [1.29, 1.82) is 0 Å². The molecule has 0 aromatic heterocycles. The van der Waals surface area contributed by atoms with Crippen molar-refractivity contribution in [2.24, 2.45) is 0 Å². The van der Waals surface area contributed by atoms with Crippen molar-refractivity contribution in [3.05, 3.63) is 57.6 Å². The first-order valence-corrected chi connectivity index (χ1v) is 6.43. The second-order valence-electron chi connectivity index (χ2n) is 4.20. The zero-order valence-corrected chi connectivity index (χ0v) is 12.0. The van der Waals surface area contributed by atoms with Crippen molar-refractivity contribution in [1.82, 2.24) is 0 Å². The molecule has 0 heterocycles. The van der Waals surface area contributed by atoms with Gasteiger partial charge >= 0.3 is 0 Å². The Hall–Kier alpha value is -1.95. The van der Waals surface area contributed by atoms with Gasteiger partial charge in [0.1, 0.15) is 22.9 Å². The van der Waals surface area contributed by atoms with Gasteiger partial charge in [0, 0.05) is 10.2 Å². The number of nitrogens with one attached hydrogen (secondary N) is 1. The molecular formula is C14H10BrF2NO2. The largest absolute Gasteiger partial charge is 0.508 e. The molecule has 6 heteroatoms. The molecule has 0 unspecified atom stereocenters. The molecule has 0 radical (unpaired) electrons. The van der Waals surface area contributed by atoms with Crippen LogP contribution in [0.15, 0.2) is 34.8 Å². The second kappa shape index (κ2) is 5.58. The molecular weight excluding hydrogens is 332 g/mol. The van der Waals surface area contributed by atoms with E-state index in [1.54, 1.807) is 6.92 Å². The fraction of sp³-hybridized carbons (Fsp3) is 0.0714. The average molecular weight is 342 g/mol. The van der Waals surface area contributed by atoms with Crippen molar-refractivity contribution < 1.29 is 18.7 Å². The number of anilines is 1. The average Bonchev–Trinajstić information content (AvgIpc) is 2.32. The maximum atomic E-state index is 13.6. The molecule has 20 heavy (non-hydrogen) atoms. The van der Waals surface area contributed by atoms with Crippen LogP contribution in [0.1, 0.15) is 15.9 Å². The van der Waals surface area contributed by atoms with E-state index in [-0.39, 0.29) is 10.2 Å². The van der Waals surface area contributed by atoms with Crippen LogP contribution in [0.4, 0.5) is 14.5 Å². The van der Waals surface area contributed by atoms with E-state index in [1.807, 2.05) is 0 Å². The van der Waals surface area contributed by atoms with E-state index in [4.69, 9.17) is 0 Å². The van der Waals surface area contributed by atoms with Crippen molar-refractivity contribution in [3.63, 3.8) is 0 Å². The third-order valence-electron chi connectivity index (χ3n) is 2.69. The van der Waals surface area contributed by atoms with Gasteiger partial charge in [-0.2, -0.15) is 0 Å². The third-order valence-corrected chi connectivity index (χ3v) is 3.15. The number of hydrogen-bond donors (Lipinski definition) is 2. The fourth-order valence-electron chi connectivity index (χ4n) is 1.69. The van der Waals surface area contributed by atoms with Gasteiger partial charge in [-0.05, 0) is 42.8 Å². The first-order valence-electron chi connectivity index (χ1n) is 5.64. The van der Waals surface area contributed by atoms with Crippen molar-refractivity contribution >= 4 is 27.5 Å². The van der Waals surface area contributed by atoms with Crippen LogP contribution in [0.3, 0.4) is 0 Å². The summed E-state index contributed by atoms with van der Waals surface area (Å²) in [7, 11) is 0. The summed E-state index contributed by atoms with van der Waals surface area (Å²) in [5.74, 6) is -2.73. The summed E-state index contributed by atoms with van der Waals surface area (Å²) in [5.41, 5.74) is 0.227. The molecule has 3 nitrogen and oxygen atoms in total. The van der Waals surface area contributed by atoms with Gasteiger partial charge in [-0.15, -0.1) is 0 Å². The lowest BCUT2D eigenvalue weighted by Crippen LogP contribution is -2.16. The summed E-state index contributed by atoms with van der Waals surface area (Å²) in [6.45, 7) is 1.64. The highest BCUT2D eigenvalue weighted by Crippen LogP contribution is 2.23. The Labute approximate surface area is 122 Å². The van der Waals surface area contributed by atoms with E-state index in [1.165, 1.54) is 18.2 Å². The predicted molar refractivity (Wildman–Crippen MR) is 74.9 cm³/mol. The Morgan fingerprint density at radius 3 is 2.35 bits per heavy atom. The number of hydrogen-bond acceptors (Lipinski definition) is 2. The number of amides is 1. The van der Waals surface area contributed by atoms with Crippen LogP contribution in [0.25, 0.3) is 0 Å². The molecule has 104 valence electrons. The van der Waals surface area contributed by atoms with Gasteiger partial charge in [-0.3, -0.25) is 4.79 Å². The quantitative estimate of drug-likeness (QED) is 0.811. The Kier molecular flexibility index (Phi) is 4.04. The minimum atomic E-state index is -0.954. The Balaban J connectivity index is 2.31. The van der Waals surface area contributed by atoms with Gasteiger partial charge in [0.15, 0.2) is 0 Å². The molecule has 2 aromatic rings. The number of aryl methyl sites for hydroxylation is 1. The van der Waals surface area contributed by atoms with Crippen molar-refractivity contribution in [3.8, 4) is 5.75 Å². The molecule has 0 saturated carbocycles. The van der Waals surface area contributed by atoms with Crippen LogP contribution < -0.4 is 5.32 Å². The smallest absolute Gasteiger partial charge is 0.261 e. The van der Waals surface area contributed by atoms with E-state index < -0.39 is 23.1 Å². The number of aromatic hydroxyl groups is 1. The number of halogens is 3. The number of benzene rings is 2. The van der Waals surface area contributed by atoms with E-state index in [0.29, 0.717) is 11.3 Å².